The number of pyridine rings is 1. The van der Waals surface area contributed by atoms with Crippen LogP contribution >= 0.6 is 0 Å². The molecule has 1 N–H and O–H groups in total. The van der Waals surface area contributed by atoms with Gasteiger partial charge in [-0.2, -0.15) is 0 Å². The minimum absolute atomic E-state index is 0.125. The van der Waals surface area contributed by atoms with Crippen molar-refractivity contribution in [3.8, 4) is 0 Å². The zero-order valence-corrected chi connectivity index (χ0v) is 17.9. The zero-order chi connectivity index (χ0) is 20.8. The molecule has 2 aromatic heterocycles. The van der Waals surface area contributed by atoms with Crippen LogP contribution in [0.4, 0.5) is 0 Å². The Morgan fingerprint density at radius 2 is 2.10 bits per heavy atom. The molecule has 1 atom stereocenters. The van der Waals surface area contributed by atoms with Crippen LogP contribution in [0.1, 0.15) is 62.2 Å². The van der Waals surface area contributed by atoms with Crippen molar-refractivity contribution in [3.05, 3.63) is 53.4 Å². The first-order valence-electron chi connectivity index (χ1n) is 10.4. The lowest BCUT2D eigenvalue weighted by molar-refractivity contribution is 0.0928. The fourth-order valence-corrected chi connectivity index (χ4v) is 3.69. The first kappa shape index (κ1) is 21.2. The van der Waals surface area contributed by atoms with Crippen LogP contribution in [0.15, 0.2) is 36.2 Å². The van der Waals surface area contributed by atoms with Gasteiger partial charge in [-0.1, -0.05) is 25.5 Å². The van der Waals surface area contributed by atoms with Gasteiger partial charge in [-0.15, -0.1) is 10.2 Å². The summed E-state index contributed by atoms with van der Waals surface area (Å²) in [4.78, 5) is 19.3. The van der Waals surface area contributed by atoms with Crippen molar-refractivity contribution >= 4 is 5.91 Å². The summed E-state index contributed by atoms with van der Waals surface area (Å²) in [5, 5.41) is 12.1. The molecular weight excluding hydrogens is 364 g/mol. The highest BCUT2D eigenvalue weighted by Gasteiger charge is 2.26. The van der Waals surface area contributed by atoms with Crippen LogP contribution in [0.3, 0.4) is 0 Å². The molecule has 0 unspecified atom stereocenters. The molecule has 0 bridgehead atoms. The highest BCUT2D eigenvalue weighted by atomic mass is 16.1. The number of nitrogens with zero attached hydrogens (tertiary/aromatic N) is 5. The van der Waals surface area contributed by atoms with E-state index in [9.17, 15) is 4.79 Å². The van der Waals surface area contributed by atoms with Crippen LogP contribution in [0.25, 0.3) is 0 Å². The number of carbonyl (C=O) groups is 1. The Bertz CT molecular complexity index is 842. The molecule has 0 spiro atoms. The third-order valence-electron chi connectivity index (χ3n) is 5.36. The molecule has 1 aliphatic heterocycles. The van der Waals surface area contributed by atoms with Gasteiger partial charge in [-0.05, 0) is 38.3 Å². The maximum absolute atomic E-state index is 12.8. The van der Waals surface area contributed by atoms with E-state index in [1.54, 1.807) is 24.5 Å². The summed E-state index contributed by atoms with van der Waals surface area (Å²) in [6, 6.07) is 3.38. The van der Waals surface area contributed by atoms with Crippen molar-refractivity contribution < 1.29 is 4.79 Å². The minimum atomic E-state index is -0.173. The molecule has 2 aromatic rings. The SMILES string of the molecule is C/C=C(\C)CN1CCc2nnc([C@H](CC(C)C)NC(=O)c3cccnc3)n2CC1. The Balaban J connectivity index is 1.78. The molecule has 0 aliphatic carbocycles. The molecule has 1 aliphatic rings. The van der Waals surface area contributed by atoms with Crippen LogP contribution in [-0.2, 0) is 13.0 Å². The maximum atomic E-state index is 12.8. The molecule has 7 heteroatoms. The van der Waals surface area contributed by atoms with E-state index in [-0.39, 0.29) is 11.9 Å². The van der Waals surface area contributed by atoms with Gasteiger partial charge in [0.05, 0.1) is 11.6 Å². The first-order valence-corrected chi connectivity index (χ1v) is 10.4. The second kappa shape index (κ2) is 9.78. The van der Waals surface area contributed by atoms with Crippen LogP contribution < -0.4 is 5.32 Å². The third kappa shape index (κ3) is 5.50. The predicted octanol–water partition coefficient (Wildman–Crippen LogP) is 3.01. The lowest BCUT2D eigenvalue weighted by atomic mass is 10.0. The topological polar surface area (TPSA) is 75.9 Å². The fraction of sp³-hybridized carbons (Fsp3) is 0.545. The van der Waals surface area contributed by atoms with Crippen molar-refractivity contribution in [2.45, 2.75) is 53.1 Å². The number of fused-ring (bicyclic) bond motifs is 1. The molecule has 0 radical (unpaired) electrons. The summed E-state index contributed by atoms with van der Waals surface area (Å²) in [5.41, 5.74) is 1.94. The van der Waals surface area contributed by atoms with E-state index in [1.807, 2.05) is 0 Å². The number of nitrogens with one attached hydrogen (secondary N) is 1. The van der Waals surface area contributed by atoms with Gasteiger partial charge in [0.2, 0.25) is 0 Å². The van der Waals surface area contributed by atoms with Gasteiger partial charge in [0, 0.05) is 45.0 Å². The summed E-state index contributed by atoms with van der Waals surface area (Å²) in [6.07, 6.45) is 7.11. The van der Waals surface area contributed by atoms with Gasteiger partial charge < -0.3 is 9.88 Å². The van der Waals surface area contributed by atoms with Crippen molar-refractivity contribution in [3.63, 3.8) is 0 Å². The molecule has 0 aromatic carbocycles. The van der Waals surface area contributed by atoms with E-state index in [0.29, 0.717) is 11.5 Å². The van der Waals surface area contributed by atoms with E-state index in [2.05, 4.69) is 63.7 Å². The number of rotatable bonds is 7. The first-order chi connectivity index (χ1) is 14.0. The smallest absolute Gasteiger partial charge is 0.253 e. The average Bonchev–Trinajstić information content (AvgIpc) is 3.02. The van der Waals surface area contributed by atoms with Crippen molar-refractivity contribution in [2.24, 2.45) is 5.92 Å². The lowest BCUT2D eigenvalue weighted by Gasteiger charge is -2.22. The maximum Gasteiger partial charge on any atom is 0.253 e. The van der Waals surface area contributed by atoms with Crippen LogP contribution in [-0.4, -0.2) is 50.2 Å². The number of hydrogen-bond acceptors (Lipinski definition) is 5. The molecular formula is C22H32N6O. The Morgan fingerprint density at radius 3 is 2.79 bits per heavy atom. The Morgan fingerprint density at radius 1 is 1.28 bits per heavy atom. The quantitative estimate of drug-likeness (QED) is 0.728. The van der Waals surface area contributed by atoms with Crippen molar-refractivity contribution in [1.82, 2.24) is 30.0 Å². The molecule has 7 nitrogen and oxygen atoms in total. The van der Waals surface area contributed by atoms with E-state index < -0.39 is 0 Å². The van der Waals surface area contributed by atoms with Gasteiger partial charge in [-0.25, -0.2) is 0 Å². The van der Waals surface area contributed by atoms with Crippen LogP contribution in [0, 0.1) is 5.92 Å². The molecule has 0 saturated carbocycles. The van der Waals surface area contributed by atoms with Gasteiger partial charge in [0.1, 0.15) is 5.82 Å². The van der Waals surface area contributed by atoms with Gasteiger partial charge >= 0.3 is 0 Å². The Hall–Kier alpha value is -2.54. The molecule has 0 saturated heterocycles. The summed E-state index contributed by atoms with van der Waals surface area (Å²) in [5.74, 6) is 2.15. The largest absolute Gasteiger partial charge is 0.342 e. The van der Waals surface area contributed by atoms with Crippen molar-refractivity contribution in [2.75, 3.05) is 19.6 Å². The van der Waals surface area contributed by atoms with E-state index in [4.69, 9.17) is 0 Å². The number of amides is 1. The van der Waals surface area contributed by atoms with Crippen molar-refractivity contribution in [1.29, 1.82) is 0 Å². The van der Waals surface area contributed by atoms with Gasteiger partial charge in [0.15, 0.2) is 5.82 Å². The number of carbonyl (C=O) groups excluding carboxylic acids is 1. The molecule has 156 valence electrons. The molecule has 0 fully saturated rings. The second-order valence-electron chi connectivity index (χ2n) is 8.18. The van der Waals surface area contributed by atoms with Gasteiger partial charge in [0.25, 0.3) is 5.91 Å². The van der Waals surface area contributed by atoms with Crippen LogP contribution in [0.5, 0.6) is 0 Å². The highest BCUT2D eigenvalue weighted by Crippen LogP contribution is 2.23. The zero-order valence-electron chi connectivity index (χ0n) is 17.9. The molecule has 1 amide bonds. The Labute approximate surface area is 173 Å². The van der Waals surface area contributed by atoms with Crippen LogP contribution in [0.2, 0.25) is 0 Å². The molecule has 29 heavy (non-hydrogen) atoms. The number of allylic oxidation sites excluding steroid dienone is 1. The predicted molar refractivity (Wildman–Crippen MR) is 113 cm³/mol. The summed E-state index contributed by atoms with van der Waals surface area (Å²) < 4.78 is 2.21. The molecule has 3 rings (SSSR count). The summed E-state index contributed by atoms with van der Waals surface area (Å²) >= 11 is 0. The average molecular weight is 397 g/mol. The third-order valence-corrected chi connectivity index (χ3v) is 5.36. The fourth-order valence-electron chi connectivity index (χ4n) is 3.69. The minimum Gasteiger partial charge on any atom is -0.342 e. The highest BCUT2D eigenvalue weighted by molar-refractivity contribution is 5.94. The lowest BCUT2D eigenvalue weighted by Crippen LogP contribution is -2.32. The normalized spacial score (nSPS) is 16.4. The van der Waals surface area contributed by atoms with E-state index >= 15 is 0 Å². The van der Waals surface area contributed by atoms with Gasteiger partial charge in [-0.3, -0.25) is 14.7 Å². The standard InChI is InChI=1S/C22H32N6O/c1-5-17(4)15-27-10-8-20-25-26-21(28(20)12-11-27)19(13-16(2)3)24-22(29)18-7-6-9-23-14-18/h5-7,9,14,16,19H,8,10-13,15H2,1-4H3,(H,24,29)/b17-5+/t19-/m0/s1. The Kier molecular flexibility index (Phi) is 7.14. The summed E-state index contributed by atoms with van der Waals surface area (Å²) in [7, 11) is 0. The number of aromatic nitrogens is 4. The van der Waals surface area contributed by atoms with E-state index in [1.165, 1.54) is 5.57 Å². The second-order valence-corrected chi connectivity index (χ2v) is 8.18. The molecule has 3 heterocycles. The number of hydrogen-bond donors (Lipinski definition) is 1. The summed E-state index contributed by atoms with van der Waals surface area (Å²) in [6.45, 7) is 12.3. The monoisotopic (exact) mass is 396 g/mol. The van der Waals surface area contributed by atoms with E-state index in [0.717, 1.165) is 50.7 Å².